The highest BCUT2D eigenvalue weighted by molar-refractivity contribution is 6.31. The number of phenolic OH excluding ortho intramolecular Hbond substituents is 1. The lowest BCUT2D eigenvalue weighted by Gasteiger charge is -2.27. The van der Waals surface area contributed by atoms with Crippen LogP contribution in [-0.4, -0.2) is 29.0 Å². The van der Waals surface area contributed by atoms with Crippen LogP contribution in [0.1, 0.15) is 22.2 Å². The summed E-state index contributed by atoms with van der Waals surface area (Å²) in [7, 11) is 1.49. The summed E-state index contributed by atoms with van der Waals surface area (Å²) in [5.74, 6) is -1.81. The molecule has 170 valence electrons. The minimum atomic E-state index is -1.03. The van der Waals surface area contributed by atoms with E-state index in [-0.39, 0.29) is 17.1 Å². The summed E-state index contributed by atoms with van der Waals surface area (Å²) in [5.41, 5.74) is 1.01. The van der Waals surface area contributed by atoms with Gasteiger partial charge in [-0.1, -0.05) is 41.9 Å². The molecule has 1 aliphatic rings. The normalized spacial score (nSPS) is 15.9. The number of ketones is 1. The van der Waals surface area contributed by atoms with Gasteiger partial charge < -0.3 is 19.4 Å². The average Bonchev–Trinajstić information content (AvgIpc) is 3.38. The molecule has 1 aliphatic heterocycles. The predicted octanol–water partition coefficient (Wildman–Crippen LogP) is 5.58. The summed E-state index contributed by atoms with van der Waals surface area (Å²) in [6, 6.07) is 18.4. The van der Waals surface area contributed by atoms with Crippen molar-refractivity contribution in [3.8, 4) is 11.5 Å². The number of hydrogen-bond acceptors (Lipinski definition) is 6. The summed E-state index contributed by atoms with van der Waals surface area (Å²) in [5, 5.41) is 22.0. The monoisotopic (exact) mass is 475 g/mol. The number of hydrogen-bond donors (Lipinski definition) is 2. The molecule has 0 spiro atoms. The van der Waals surface area contributed by atoms with Crippen LogP contribution in [0.5, 0.6) is 11.5 Å². The van der Waals surface area contributed by atoms with Gasteiger partial charge in [0.1, 0.15) is 5.75 Å². The lowest BCUT2D eigenvalue weighted by molar-refractivity contribution is -0.117. The number of nitrogens with zero attached hydrogens (tertiary/aromatic N) is 1. The molecule has 0 radical (unpaired) electrons. The number of fused-ring (bicyclic) bond motifs is 1. The Morgan fingerprint density at radius 2 is 1.79 bits per heavy atom. The van der Waals surface area contributed by atoms with E-state index in [1.54, 1.807) is 54.6 Å². The number of anilines is 1. The van der Waals surface area contributed by atoms with Gasteiger partial charge in [0.25, 0.3) is 5.91 Å². The molecule has 2 N–H and O–H groups in total. The van der Waals surface area contributed by atoms with Crippen molar-refractivity contribution >= 4 is 39.9 Å². The van der Waals surface area contributed by atoms with Gasteiger partial charge in [-0.2, -0.15) is 0 Å². The number of rotatable bonds is 5. The molecule has 1 aromatic heterocycles. The third-order valence-corrected chi connectivity index (χ3v) is 5.91. The standard InChI is InChI=1S/C26H18ClNO6/c1-33-19-10-3-6-15-12-20(34-25(15)19)23(30)21-22(14-5-2-9-18(29)11-14)28(26(32)24(21)31)17-8-4-7-16(27)13-17/h2-13,22,29,31H,1H3. The van der Waals surface area contributed by atoms with Crippen molar-refractivity contribution in [1.29, 1.82) is 0 Å². The molecule has 1 atom stereocenters. The Labute approximate surface area is 199 Å². The highest BCUT2D eigenvalue weighted by Crippen LogP contribution is 2.43. The maximum atomic E-state index is 13.7. The number of halogens is 1. The first-order valence-electron chi connectivity index (χ1n) is 10.3. The van der Waals surface area contributed by atoms with Crippen LogP contribution in [0.15, 0.2) is 88.5 Å². The molecular formula is C26H18ClNO6. The average molecular weight is 476 g/mol. The Morgan fingerprint density at radius 1 is 1.03 bits per heavy atom. The molecule has 2 heterocycles. The number of carbonyl (C=O) groups excluding carboxylic acids is 2. The second-order valence-corrected chi connectivity index (χ2v) is 8.17. The predicted molar refractivity (Wildman–Crippen MR) is 127 cm³/mol. The van der Waals surface area contributed by atoms with Crippen LogP contribution in [0.25, 0.3) is 11.0 Å². The van der Waals surface area contributed by atoms with E-state index in [1.165, 1.54) is 30.2 Å². The third kappa shape index (κ3) is 3.47. The molecule has 7 nitrogen and oxygen atoms in total. The minimum Gasteiger partial charge on any atom is -0.508 e. The zero-order valence-corrected chi connectivity index (χ0v) is 18.6. The van der Waals surface area contributed by atoms with Gasteiger partial charge in [-0.3, -0.25) is 14.5 Å². The number of amides is 1. The second-order valence-electron chi connectivity index (χ2n) is 7.73. The number of aliphatic hydroxyl groups is 1. The second kappa shape index (κ2) is 8.28. The quantitative estimate of drug-likeness (QED) is 0.365. The summed E-state index contributed by atoms with van der Waals surface area (Å²) in [4.78, 5) is 28.1. The first-order chi connectivity index (χ1) is 16.4. The number of furan rings is 1. The summed E-state index contributed by atoms with van der Waals surface area (Å²) < 4.78 is 11.1. The van der Waals surface area contributed by atoms with Crippen molar-refractivity contribution in [1.82, 2.24) is 0 Å². The van der Waals surface area contributed by atoms with Crippen molar-refractivity contribution in [2.24, 2.45) is 0 Å². The van der Waals surface area contributed by atoms with Crippen LogP contribution in [0.4, 0.5) is 5.69 Å². The number of Topliss-reactive ketones (excluding diaryl/α,β-unsaturated/α-hetero) is 1. The number of carbonyl (C=O) groups is 2. The maximum Gasteiger partial charge on any atom is 0.294 e. The number of phenols is 1. The number of benzene rings is 3. The smallest absolute Gasteiger partial charge is 0.294 e. The van der Waals surface area contributed by atoms with Crippen LogP contribution in [0.3, 0.4) is 0 Å². The van der Waals surface area contributed by atoms with Gasteiger partial charge in [0.2, 0.25) is 5.78 Å². The summed E-state index contributed by atoms with van der Waals surface area (Å²) in [6.45, 7) is 0. The van der Waals surface area contributed by atoms with Crippen molar-refractivity contribution in [2.45, 2.75) is 6.04 Å². The zero-order valence-electron chi connectivity index (χ0n) is 17.9. The Bertz CT molecular complexity index is 1490. The minimum absolute atomic E-state index is 0.0531. The zero-order chi connectivity index (χ0) is 24.0. The maximum absolute atomic E-state index is 13.7. The number of ether oxygens (including phenoxy) is 1. The Hall–Kier alpha value is -4.23. The number of aliphatic hydroxyl groups excluding tert-OH is 1. The van der Waals surface area contributed by atoms with Crippen LogP contribution in [0, 0.1) is 0 Å². The van der Waals surface area contributed by atoms with Crippen LogP contribution < -0.4 is 9.64 Å². The van der Waals surface area contributed by atoms with Gasteiger partial charge in [-0.25, -0.2) is 0 Å². The fourth-order valence-electron chi connectivity index (χ4n) is 4.18. The highest BCUT2D eigenvalue weighted by Gasteiger charge is 2.45. The largest absolute Gasteiger partial charge is 0.508 e. The third-order valence-electron chi connectivity index (χ3n) is 5.68. The molecule has 3 aromatic carbocycles. The molecule has 1 amide bonds. The highest BCUT2D eigenvalue weighted by atomic mass is 35.5. The van der Waals surface area contributed by atoms with E-state index in [1.807, 2.05) is 0 Å². The van der Waals surface area contributed by atoms with Gasteiger partial charge in [-0.15, -0.1) is 0 Å². The van der Waals surface area contributed by atoms with Gasteiger partial charge in [-0.05, 0) is 48.0 Å². The Kier molecular flexibility index (Phi) is 5.26. The molecule has 0 bridgehead atoms. The molecule has 8 heteroatoms. The molecule has 1 unspecified atom stereocenters. The first kappa shape index (κ1) is 21.6. The molecule has 5 rings (SSSR count). The van der Waals surface area contributed by atoms with Crippen molar-refractivity contribution in [2.75, 3.05) is 12.0 Å². The first-order valence-corrected chi connectivity index (χ1v) is 10.7. The fraction of sp³-hybridized carbons (Fsp3) is 0.0769. The van der Waals surface area contributed by atoms with Gasteiger partial charge >= 0.3 is 0 Å². The SMILES string of the molecule is COc1cccc2cc(C(=O)C3=C(O)C(=O)N(c4cccc(Cl)c4)C3c3cccc(O)c3)oc12. The van der Waals surface area contributed by atoms with Crippen LogP contribution in [-0.2, 0) is 4.79 Å². The number of aromatic hydroxyl groups is 1. The van der Waals surface area contributed by atoms with E-state index in [9.17, 15) is 19.8 Å². The van der Waals surface area contributed by atoms with E-state index < -0.39 is 23.5 Å². The van der Waals surface area contributed by atoms with Gasteiger partial charge in [0.05, 0.1) is 18.7 Å². The van der Waals surface area contributed by atoms with E-state index >= 15 is 0 Å². The van der Waals surface area contributed by atoms with E-state index in [0.717, 1.165) is 0 Å². The van der Waals surface area contributed by atoms with Gasteiger partial charge in [0, 0.05) is 16.1 Å². The van der Waals surface area contributed by atoms with Crippen LogP contribution >= 0.6 is 11.6 Å². The molecule has 34 heavy (non-hydrogen) atoms. The molecule has 0 saturated heterocycles. The van der Waals surface area contributed by atoms with Crippen LogP contribution in [0.2, 0.25) is 5.02 Å². The van der Waals surface area contributed by atoms with Crippen molar-refractivity contribution < 1.29 is 29.0 Å². The molecule has 0 saturated carbocycles. The summed E-state index contributed by atoms with van der Waals surface area (Å²) >= 11 is 6.15. The van der Waals surface area contributed by atoms with E-state index in [4.69, 9.17) is 20.8 Å². The van der Waals surface area contributed by atoms with Crippen molar-refractivity contribution in [3.63, 3.8) is 0 Å². The Morgan fingerprint density at radius 3 is 2.53 bits per heavy atom. The lowest BCUT2D eigenvalue weighted by atomic mass is 9.94. The number of methoxy groups -OCH3 is 1. The van der Waals surface area contributed by atoms with Gasteiger partial charge in [0.15, 0.2) is 22.9 Å². The van der Waals surface area contributed by atoms with E-state index in [2.05, 4.69) is 0 Å². The summed E-state index contributed by atoms with van der Waals surface area (Å²) in [6.07, 6.45) is 0. The molecule has 4 aromatic rings. The topological polar surface area (TPSA) is 100 Å². The molecular weight excluding hydrogens is 458 g/mol. The molecule has 0 fully saturated rings. The van der Waals surface area contributed by atoms with E-state index in [0.29, 0.717) is 33.0 Å². The lowest BCUT2D eigenvalue weighted by Crippen LogP contribution is -2.31. The fourth-order valence-corrected chi connectivity index (χ4v) is 4.37. The van der Waals surface area contributed by atoms with Crippen molar-refractivity contribution in [3.05, 3.63) is 100 Å². The number of para-hydroxylation sites is 1. The Balaban J connectivity index is 1.68. The molecule has 0 aliphatic carbocycles.